The monoisotopic (exact) mass is 225 g/mol. The van der Waals surface area contributed by atoms with Gasteiger partial charge in [0, 0.05) is 22.1 Å². The molecule has 0 saturated carbocycles. The topological polar surface area (TPSA) is 12.9 Å². The molecule has 1 aromatic carbocycles. The Morgan fingerprint density at radius 1 is 1.43 bits per heavy atom. The van der Waals surface area contributed by atoms with Crippen molar-refractivity contribution in [1.29, 1.82) is 0 Å². The molecule has 0 amide bonds. The van der Waals surface area contributed by atoms with Crippen LogP contribution in [-0.4, -0.2) is 9.75 Å². The highest BCUT2D eigenvalue weighted by Crippen LogP contribution is 2.24. The number of hydrogen-bond donors (Lipinski definition) is 0. The molecule has 0 saturated heterocycles. The van der Waals surface area contributed by atoms with E-state index in [-0.39, 0.29) is 5.38 Å². The summed E-state index contributed by atoms with van der Waals surface area (Å²) in [5.74, 6) is 0. The Balaban J connectivity index is 2.33. The lowest BCUT2D eigenvalue weighted by Gasteiger charge is -2.03. The highest BCUT2D eigenvalue weighted by Gasteiger charge is 2.09. The predicted molar refractivity (Wildman–Crippen MR) is 63.3 cm³/mol. The predicted octanol–water partition coefficient (Wildman–Crippen LogP) is 3.86. The zero-order chi connectivity index (χ0) is 9.97. The van der Waals surface area contributed by atoms with Crippen molar-refractivity contribution in [3.05, 3.63) is 29.1 Å². The lowest BCUT2D eigenvalue weighted by molar-refractivity contribution is 0.817. The quantitative estimate of drug-likeness (QED) is 0.723. The molecule has 1 aromatic heterocycles. The molecule has 0 aliphatic rings. The molecule has 1 unspecified atom stereocenters. The molecule has 74 valence electrons. The summed E-state index contributed by atoms with van der Waals surface area (Å²) in [7, 11) is 0. The van der Waals surface area contributed by atoms with Crippen molar-refractivity contribution < 1.29 is 0 Å². The van der Waals surface area contributed by atoms with Crippen LogP contribution in [0.5, 0.6) is 0 Å². The van der Waals surface area contributed by atoms with Gasteiger partial charge in [0.05, 0.1) is 5.52 Å². The maximum Gasteiger partial charge on any atom is 0.0843 e. The molecule has 2 aromatic rings. The minimum absolute atomic E-state index is 0.235. The van der Waals surface area contributed by atoms with E-state index in [1.54, 1.807) is 11.5 Å². The third-order valence-corrected chi connectivity index (χ3v) is 3.67. The molecule has 0 fully saturated rings. The van der Waals surface area contributed by atoms with Crippen molar-refractivity contribution in [2.24, 2.45) is 0 Å². The van der Waals surface area contributed by atoms with E-state index in [1.165, 1.54) is 10.3 Å². The third kappa shape index (κ3) is 1.91. The van der Waals surface area contributed by atoms with Gasteiger partial charge in [0.15, 0.2) is 0 Å². The number of benzene rings is 1. The van der Waals surface area contributed by atoms with Crippen LogP contribution in [-0.2, 0) is 6.42 Å². The molecule has 14 heavy (non-hydrogen) atoms. The second kappa shape index (κ2) is 4.28. The average Bonchev–Trinajstić information content (AvgIpc) is 2.62. The maximum atomic E-state index is 6.14. The molecule has 3 heteroatoms. The second-order valence-electron chi connectivity index (χ2n) is 3.33. The molecule has 1 nitrogen and oxygen atoms in total. The Morgan fingerprint density at radius 3 is 3.00 bits per heavy atom. The summed E-state index contributed by atoms with van der Waals surface area (Å²) in [6.45, 7) is 2.11. The van der Waals surface area contributed by atoms with Crippen molar-refractivity contribution in [1.82, 2.24) is 4.37 Å². The van der Waals surface area contributed by atoms with E-state index in [9.17, 15) is 0 Å². The first-order chi connectivity index (χ1) is 6.81. The van der Waals surface area contributed by atoms with Gasteiger partial charge in [-0.3, -0.25) is 0 Å². The number of aromatic nitrogens is 1. The van der Waals surface area contributed by atoms with Crippen LogP contribution in [0.15, 0.2) is 24.3 Å². The van der Waals surface area contributed by atoms with Gasteiger partial charge < -0.3 is 0 Å². The lowest BCUT2D eigenvalue weighted by atomic mass is 10.1. The molecule has 0 spiro atoms. The minimum atomic E-state index is 0.235. The summed E-state index contributed by atoms with van der Waals surface area (Å²) in [6.07, 6.45) is 1.94. The van der Waals surface area contributed by atoms with Crippen LogP contribution in [0.25, 0.3) is 10.9 Å². The van der Waals surface area contributed by atoms with Crippen LogP contribution in [0.3, 0.4) is 0 Å². The summed E-state index contributed by atoms with van der Waals surface area (Å²) in [5.41, 5.74) is 1.09. The Bertz CT molecular complexity index is 424. The van der Waals surface area contributed by atoms with E-state index < -0.39 is 0 Å². The molecule has 0 radical (unpaired) electrons. The van der Waals surface area contributed by atoms with Gasteiger partial charge in [0.2, 0.25) is 0 Å². The van der Waals surface area contributed by atoms with E-state index in [0.29, 0.717) is 0 Å². The SMILES string of the molecule is CCC(Cl)Cc1snc2ccccc12. The molecule has 0 N–H and O–H groups in total. The Labute approximate surface area is 92.9 Å². The summed E-state index contributed by atoms with van der Waals surface area (Å²) in [6, 6.07) is 8.23. The Hall–Kier alpha value is -0.600. The van der Waals surface area contributed by atoms with E-state index in [0.717, 1.165) is 18.4 Å². The van der Waals surface area contributed by atoms with Crippen molar-refractivity contribution in [3.8, 4) is 0 Å². The first-order valence-corrected chi connectivity index (χ1v) is 5.99. The number of halogens is 1. The van der Waals surface area contributed by atoms with E-state index in [4.69, 9.17) is 11.6 Å². The zero-order valence-electron chi connectivity index (χ0n) is 8.03. The van der Waals surface area contributed by atoms with Gasteiger partial charge in [-0.1, -0.05) is 25.1 Å². The zero-order valence-corrected chi connectivity index (χ0v) is 9.61. The molecular weight excluding hydrogens is 214 g/mol. The van der Waals surface area contributed by atoms with Crippen LogP contribution in [0.4, 0.5) is 0 Å². The van der Waals surface area contributed by atoms with Crippen molar-refractivity contribution in [3.63, 3.8) is 0 Å². The average molecular weight is 226 g/mol. The van der Waals surface area contributed by atoms with Crippen molar-refractivity contribution in [2.75, 3.05) is 0 Å². The number of rotatable bonds is 3. The second-order valence-corrected chi connectivity index (χ2v) is 4.81. The molecule has 1 atom stereocenters. The number of nitrogens with zero attached hydrogens (tertiary/aromatic N) is 1. The van der Waals surface area contributed by atoms with Crippen molar-refractivity contribution >= 4 is 34.0 Å². The molecule has 2 rings (SSSR count). The Kier molecular flexibility index (Phi) is 3.04. The third-order valence-electron chi connectivity index (χ3n) is 2.31. The van der Waals surface area contributed by atoms with Crippen LogP contribution in [0, 0.1) is 0 Å². The summed E-state index contributed by atoms with van der Waals surface area (Å²) < 4.78 is 4.39. The maximum absolute atomic E-state index is 6.14. The standard InChI is InChI=1S/C11H12ClNS/c1-2-8(12)7-11-9-5-3-4-6-10(9)13-14-11/h3-6,8H,2,7H2,1H3. The van der Waals surface area contributed by atoms with Crippen LogP contribution in [0.1, 0.15) is 18.2 Å². The largest absolute Gasteiger partial charge is 0.192 e. The number of alkyl halides is 1. The van der Waals surface area contributed by atoms with Crippen LogP contribution >= 0.6 is 23.1 Å². The fourth-order valence-corrected chi connectivity index (χ4v) is 2.60. The molecular formula is C11H12ClNS. The number of fused-ring (bicyclic) bond motifs is 1. The van der Waals surface area contributed by atoms with Gasteiger partial charge in [-0.05, 0) is 24.0 Å². The van der Waals surface area contributed by atoms with Crippen LogP contribution < -0.4 is 0 Å². The molecule has 0 aliphatic heterocycles. The van der Waals surface area contributed by atoms with Crippen molar-refractivity contribution in [2.45, 2.75) is 25.1 Å². The smallest absolute Gasteiger partial charge is 0.0843 e. The first-order valence-electron chi connectivity index (χ1n) is 4.78. The summed E-state index contributed by atoms with van der Waals surface area (Å²) >= 11 is 7.71. The summed E-state index contributed by atoms with van der Waals surface area (Å²) in [4.78, 5) is 1.31. The minimum Gasteiger partial charge on any atom is -0.192 e. The fourth-order valence-electron chi connectivity index (χ4n) is 1.44. The normalized spacial score (nSPS) is 13.3. The van der Waals surface area contributed by atoms with Gasteiger partial charge in [0.25, 0.3) is 0 Å². The van der Waals surface area contributed by atoms with Gasteiger partial charge >= 0.3 is 0 Å². The number of hydrogen-bond acceptors (Lipinski definition) is 2. The molecule has 1 heterocycles. The van der Waals surface area contributed by atoms with Gasteiger partial charge in [-0.25, -0.2) is 0 Å². The first kappa shape index (κ1) is 9.94. The Morgan fingerprint density at radius 2 is 2.21 bits per heavy atom. The fraction of sp³-hybridized carbons (Fsp3) is 0.364. The lowest BCUT2D eigenvalue weighted by Crippen LogP contribution is -1.99. The van der Waals surface area contributed by atoms with Gasteiger partial charge in [-0.15, -0.1) is 11.6 Å². The van der Waals surface area contributed by atoms with Gasteiger partial charge in [0.1, 0.15) is 0 Å². The van der Waals surface area contributed by atoms with Crippen LogP contribution in [0.2, 0.25) is 0 Å². The van der Waals surface area contributed by atoms with E-state index in [1.807, 2.05) is 12.1 Å². The van der Waals surface area contributed by atoms with E-state index in [2.05, 4.69) is 23.4 Å². The van der Waals surface area contributed by atoms with Gasteiger partial charge in [-0.2, -0.15) is 4.37 Å². The highest BCUT2D eigenvalue weighted by molar-refractivity contribution is 7.07. The molecule has 0 bridgehead atoms. The highest BCUT2D eigenvalue weighted by atomic mass is 35.5. The molecule has 0 aliphatic carbocycles. The summed E-state index contributed by atoms with van der Waals surface area (Å²) in [5, 5.41) is 1.50. The van der Waals surface area contributed by atoms with E-state index >= 15 is 0 Å².